The van der Waals surface area contributed by atoms with Gasteiger partial charge in [0.15, 0.2) is 0 Å². The zero-order valence-electron chi connectivity index (χ0n) is 21.9. The van der Waals surface area contributed by atoms with Crippen LogP contribution in [0.15, 0.2) is 36.4 Å². The molecule has 1 amide bonds. The highest BCUT2D eigenvalue weighted by atomic mass is 127. The fourth-order valence-electron chi connectivity index (χ4n) is 4.22. The average molecular weight is 648 g/mol. The predicted octanol–water partition coefficient (Wildman–Crippen LogP) is 6.38. The van der Waals surface area contributed by atoms with Crippen LogP contribution in [0, 0.1) is 10.5 Å². The molecule has 3 rings (SSSR count). The Labute approximate surface area is 234 Å². The molecule has 1 aliphatic heterocycles. The van der Waals surface area contributed by atoms with Crippen molar-refractivity contribution in [2.75, 3.05) is 26.2 Å². The van der Waals surface area contributed by atoms with Gasteiger partial charge in [-0.05, 0) is 92.6 Å². The number of carbonyl (C=O) groups excluding carboxylic acids is 1. The van der Waals surface area contributed by atoms with Crippen LogP contribution in [0.3, 0.4) is 0 Å². The minimum Gasteiger partial charge on any atom is -0.483 e. The van der Waals surface area contributed by atoms with Crippen LogP contribution in [0.25, 0.3) is 0 Å². The molecule has 1 fully saturated rings. The second kappa shape index (κ2) is 11.7. The van der Waals surface area contributed by atoms with Crippen molar-refractivity contribution in [3.8, 4) is 5.75 Å². The molecule has 1 heterocycles. The van der Waals surface area contributed by atoms with Gasteiger partial charge in [-0.2, -0.15) is 13.2 Å². The first-order valence-corrected chi connectivity index (χ1v) is 13.2. The van der Waals surface area contributed by atoms with Crippen molar-refractivity contribution in [2.45, 2.75) is 58.5 Å². The molecular formula is C27H32F3IN2O5. The third-order valence-corrected chi connectivity index (χ3v) is 7.27. The van der Waals surface area contributed by atoms with Gasteiger partial charge in [0.2, 0.25) is 0 Å². The quantitative estimate of drug-likeness (QED) is 0.367. The van der Waals surface area contributed by atoms with Crippen LogP contribution in [0.4, 0.5) is 18.0 Å². The number of ether oxygens (including phenoxy) is 2. The summed E-state index contributed by atoms with van der Waals surface area (Å²) in [6, 6.07) is 7.74. The number of hydrogen-bond acceptors (Lipinski definition) is 5. The maximum atomic E-state index is 13.5. The van der Waals surface area contributed by atoms with Crippen LogP contribution in [-0.2, 0) is 10.9 Å². The van der Waals surface area contributed by atoms with Crippen molar-refractivity contribution in [1.29, 1.82) is 0 Å². The van der Waals surface area contributed by atoms with Gasteiger partial charge >= 0.3 is 18.2 Å². The average Bonchev–Trinajstić information content (AvgIpc) is 2.79. The number of alkyl halides is 3. The molecule has 0 aliphatic carbocycles. The Kier molecular flexibility index (Phi) is 9.23. The summed E-state index contributed by atoms with van der Waals surface area (Å²) in [4.78, 5) is 28.2. The Balaban J connectivity index is 1.90. The van der Waals surface area contributed by atoms with E-state index in [1.807, 2.05) is 34.4 Å². The summed E-state index contributed by atoms with van der Waals surface area (Å²) in [6.45, 7) is 10.5. The van der Waals surface area contributed by atoms with Gasteiger partial charge in [-0.3, -0.25) is 4.90 Å². The van der Waals surface area contributed by atoms with Gasteiger partial charge in [0.1, 0.15) is 23.0 Å². The second-order valence-electron chi connectivity index (χ2n) is 10.4. The number of aromatic carboxylic acids is 1. The maximum Gasteiger partial charge on any atom is 0.416 e. The van der Waals surface area contributed by atoms with Crippen LogP contribution >= 0.6 is 22.6 Å². The van der Waals surface area contributed by atoms with Gasteiger partial charge in [-0.25, -0.2) is 9.59 Å². The van der Waals surface area contributed by atoms with Crippen molar-refractivity contribution < 1.29 is 37.3 Å². The van der Waals surface area contributed by atoms with Crippen molar-refractivity contribution in [3.05, 3.63) is 62.2 Å². The molecule has 0 spiro atoms. The minimum absolute atomic E-state index is 0.0694. The molecule has 0 aromatic heterocycles. The normalized spacial score (nSPS) is 17.7. The number of piperazine rings is 1. The fraction of sp³-hybridized carbons (Fsp3) is 0.481. The molecule has 38 heavy (non-hydrogen) atoms. The van der Waals surface area contributed by atoms with Crippen LogP contribution in [-0.4, -0.2) is 64.8 Å². The lowest BCUT2D eigenvalue weighted by Crippen LogP contribution is -2.55. The molecular weight excluding hydrogens is 616 g/mol. The van der Waals surface area contributed by atoms with Gasteiger partial charge in [-0.15, -0.1) is 0 Å². The summed E-state index contributed by atoms with van der Waals surface area (Å²) in [5.41, 5.74) is -0.462. The first-order valence-electron chi connectivity index (χ1n) is 12.1. The van der Waals surface area contributed by atoms with Crippen molar-refractivity contribution in [1.82, 2.24) is 9.80 Å². The SMILES string of the molecule is Cc1cc(O[C@H](CN2CCN(C(=O)OC(C)(C)C)[C@H](C)C2)c2cccc(C(F)(F)F)c2)c(C(=O)O)cc1I. The lowest BCUT2D eigenvalue weighted by molar-refractivity contribution is -0.137. The molecule has 0 bridgehead atoms. The van der Waals surface area contributed by atoms with E-state index in [0.717, 1.165) is 21.3 Å². The monoisotopic (exact) mass is 648 g/mol. The summed E-state index contributed by atoms with van der Waals surface area (Å²) in [6.07, 6.45) is -5.86. The van der Waals surface area contributed by atoms with E-state index in [1.165, 1.54) is 12.1 Å². The van der Waals surface area contributed by atoms with Gasteiger partial charge in [0.05, 0.1) is 5.56 Å². The molecule has 1 saturated heterocycles. The highest BCUT2D eigenvalue weighted by molar-refractivity contribution is 14.1. The lowest BCUT2D eigenvalue weighted by atomic mass is 10.0. The van der Waals surface area contributed by atoms with E-state index >= 15 is 0 Å². The van der Waals surface area contributed by atoms with E-state index < -0.39 is 35.5 Å². The number of nitrogens with zero attached hydrogens (tertiary/aromatic N) is 2. The smallest absolute Gasteiger partial charge is 0.416 e. The maximum absolute atomic E-state index is 13.5. The molecule has 2 atom stereocenters. The molecule has 1 N–H and O–H groups in total. The van der Waals surface area contributed by atoms with E-state index in [4.69, 9.17) is 9.47 Å². The lowest BCUT2D eigenvalue weighted by Gasteiger charge is -2.41. The Morgan fingerprint density at radius 1 is 1.16 bits per heavy atom. The summed E-state index contributed by atoms with van der Waals surface area (Å²) in [5.74, 6) is -1.11. The number of halogens is 4. The highest BCUT2D eigenvalue weighted by Gasteiger charge is 2.34. The van der Waals surface area contributed by atoms with E-state index in [2.05, 4.69) is 0 Å². The highest BCUT2D eigenvalue weighted by Crippen LogP contribution is 2.34. The van der Waals surface area contributed by atoms with E-state index in [1.54, 1.807) is 44.7 Å². The van der Waals surface area contributed by atoms with Gasteiger partial charge in [-0.1, -0.05) is 12.1 Å². The summed E-state index contributed by atoms with van der Waals surface area (Å²) in [5, 5.41) is 9.74. The van der Waals surface area contributed by atoms with Gasteiger partial charge in [0, 0.05) is 35.8 Å². The molecule has 1 aliphatic rings. The van der Waals surface area contributed by atoms with Crippen molar-refractivity contribution in [3.63, 3.8) is 0 Å². The third-order valence-electron chi connectivity index (χ3n) is 6.11. The van der Waals surface area contributed by atoms with E-state index in [9.17, 15) is 27.9 Å². The number of amides is 1. The summed E-state index contributed by atoms with van der Waals surface area (Å²) in [7, 11) is 0. The first kappa shape index (κ1) is 30.0. The Morgan fingerprint density at radius 2 is 1.84 bits per heavy atom. The molecule has 0 unspecified atom stereocenters. The molecule has 11 heteroatoms. The molecule has 0 radical (unpaired) electrons. The topological polar surface area (TPSA) is 79.3 Å². The number of benzene rings is 2. The predicted molar refractivity (Wildman–Crippen MR) is 145 cm³/mol. The number of carbonyl (C=O) groups is 2. The third kappa shape index (κ3) is 7.75. The van der Waals surface area contributed by atoms with Crippen LogP contribution in [0.2, 0.25) is 0 Å². The Morgan fingerprint density at radius 3 is 2.42 bits per heavy atom. The van der Waals surface area contributed by atoms with Crippen LogP contribution < -0.4 is 4.74 Å². The second-order valence-corrected chi connectivity index (χ2v) is 11.6. The van der Waals surface area contributed by atoms with Gasteiger partial charge in [0.25, 0.3) is 0 Å². The largest absolute Gasteiger partial charge is 0.483 e. The fourth-order valence-corrected chi connectivity index (χ4v) is 4.69. The van der Waals surface area contributed by atoms with Crippen LogP contribution in [0.1, 0.15) is 60.8 Å². The number of carboxylic acid groups (broad SMARTS) is 1. The van der Waals surface area contributed by atoms with Crippen molar-refractivity contribution in [2.24, 2.45) is 0 Å². The molecule has 2 aromatic rings. The number of carboxylic acids is 1. The van der Waals surface area contributed by atoms with Gasteiger partial charge < -0.3 is 19.5 Å². The van der Waals surface area contributed by atoms with E-state index in [0.29, 0.717) is 19.6 Å². The number of hydrogen-bond donors (Lipinski definition) is 1. The zero-order chi connectivity index (χ0) is 28.4. The summed E-state index contributed by atoms with van der Waals surface area (Å²) >= 11 is 2.03. The van der Waals surface area contributed by atoms with Crippen LogP contribution in [0.5, 0.6) is 5.75 Å². The Hall–Kier alpha value is -2.54. The minimum atomic E-state index is -4.54. The summed E-state index contributed by atoms with van der Waals surface area (Å²) < 4.78 is 52.9. The zero-order valence-corrected chi connectivity index (χ0v) is 24.1. The Bertz CT molecular complexity index is 1180. The van der Waals surface area contributed by atoms with Crippen molar-refractivity contribution >= 4 is 34.7 Å². The number of aryl methyl sites for hydroxylation is 1. The molecule has 0 saturated carbocycles. The van der Waals surface area contributed by atoms with E-state index in [-0.39, 0.29) is 29.5 Å². The standard InChI is InChI=1S/C27H32F3IN2O5/c1-16-11-22(20(24(34)35)13-21(16)31)37-23(18-7-6-8-19(12-18)27(28,29)30)15-32-9-10-33(17(2)14-32)25(36)38-26(3,4)5/h6-8,11-13,17,23H,9-10,14-15H2,1-5H3,(H,34,35)/t17-,23-/m1/s1. The molecule has 208 valence electrons. The molecule has 2 aromatic carbocycles. The first-order chi connectivity index (χ1) is 17.5. The molecule has 7 nitrogen and oxygen atoms in total. The number of rotatable bonds is 6.